The Bertz CT molecular complexity index is 756. The van der Waals surface area contributed by atoms with Crippen molar-refractivity contribution in [3.8, 4) is 0 Å². The lowest BCUT2D eigenvalue weighted by Crippen LogP contribution is -2.25. The minimum Gasteiger partial charge on any atom is -0.349 e. The molecule has 1 saturated carbocycles. The number of carbonyl (C=O) groups is 2. The van der Waals surface area contributed by atoms with E-state index < -0.39 is 0 Å². The zero-order chi connectivity index (χ0) is 16.4. The predicted molar refractivity (Wildman–Crippen MR) is 94.8 cm³/mol. The lowest BCUT2D eigenvalue weighted by molar-refractivity contribution is 0.0949. The molecular formula is C16H16BrN3O2S. The molecule has 1 aromatic carbocycles. The molecule has 23 heavy (non-hydrogen) atoms. The molecule has 0 unspecified atom stereocenters. The van der Waals surface area contributed by atoms with Crippen LogP contribution in [0, 0.1) is 0 Å². The van der Waals surface area contributed by atoms with Crippen LogP contribution < -0.4 is 16.4 Å². The standard InChI is InChI=1S/C16H16BrN3O2S/c17-14-6-5-13(23-14)16(22)20-12-7-9(1-2-10(12)8-18)15(21)19-11-3-4-11/h1-2,5-7,11H,3-4,8,18H2,(H,19,21)(H,20,22). The molecule has 0 saturated heterocycles. The summed E-state index contributed by atoms with van der Waals surface area (Å²) in [6, 6.07) is 9.05. The monoisotopic (exact) mass is 393 g/mol. The largest absolute Gasteiger partial charge is 0.349 e. The third kappa shape index (κ3) is 3.99. The van der Waals surface area contributed by atoms with E-state index in [2.05, 4.69) is 26.6 Å². The molecule has 2 aromatic rings. The van der Waals surface area contributed by atoms with E-state index in [-0.39, 0.29) is 24.4 Å². The Morgan fingerprint density at radius 1 is 1.22 bits per heavy atom. The van der Waals surface area contributed by atoms with Gasteiger partial charge >= 0.3 is 0 Å². The lowest BCUT2D eigenvalue weighted by Gasteiger charge is -2.11. The maximum absolute atomic E-state index is 12.3. The Labute approximate surface area is 146 Å². The highest BCUT2D eigenvalue weighted by Crippen LogP contribution is 2.25. The molecule has 0 radical (unpaired) electrons. The van der Waals surface area contributed by atoms with Gasteiger partial charge in [-0.15, -0.1) is 11.3 Å². The van der Waals surface area contributed by atoms with E-state index in [4.69, 9.17) is 5.73 Å². The quantitative estimate of drug-likeness (QED) is 0.729. The third-order valence-electron chi connectivity index (χ3n) is 3.55. The fourth-order valence-electron chi connectivity index (χ4n) is 2.13. The van der Waals surface area contributed by atoms with Gasteiger partial charge in [0.05, 0.1) is 8.66 Å². The van der Waals surface area contributed by atoms with Gasteiger partial charge in [-0.05, 0) is 58.6 Å². The zero-order valence-electron chi connectivity index (χ0n) is 12.3. The minimum absolute atomic E-state index is 0.120. The maximum atomic E-state index is 12.3. The molecule has 1 aliphatic carbocycles. The Morgan fingerprint density at radius 3 is 2.61 bits per heavy atom. The van der Waals surface area contributed by atoms with E-state index >= 15 is 0 Å². The number of nitrogens with two attached hydrogens (primary N) is 1. The van der Waals surface area contributed by atoms with Crippen LogP contribution in [0.3, 0.4) is 0 Å². The number of benzene rings is 1. The number of amides is 2. The van der Waals surface area contributed by atoms with Gasteiger partial charge < -0.3 is 16.4 Å². The third-order valence-corrected chi connectivity index (χ3v) is 5.17. The summed E-state index contributed by atoms with van der Waals surface area (Å²) in [4.78, 5) is 25.0. The number of rotatable bonds is 5. The van der Waals surface area contributed by atoms with Crippen LogP contribution in [0.15, 0.2) is 34.1 Å². The smallest absolute Gasteiger partial charge is 0.265 e. The van der Waals surface area contributed by atoms with Crippen molar-refractivity contribution in [1.82, 2.24) is 5.32 Å². The predicted octanol–water partition coefficient (Wildman–Crippen LogP) is 3.11. The summed E-state index contributed by atoms with van der Waals surface area (Å²) in [5.41, 5.74) is 7.62. The SMILES string of the molecule is NCc1ccc(C(=O)NC2CC2)cc1NC(=O)c1ccc(Br)s1. The van der Waals surface area contributed by atoms with Crippen molar-refractivity contribution in [3.63, 3.8) is 0 Å². The summed E-state index contributed by atoms with van der Waals surface area (Å²) < 4.78 is 0.888. The molecule has 1 heterocycles. The number of hydrogen-bond donors (Lipinski definition) is 3. The van der Waals surface area contributed by atoms with Crippen molar-refractivity contribution < 1.29 is 9.59 Å². The summed E-state index contributed by atoms with van der Waals surface area (Å²) in [7, 11) is 0. The van der Waals surface area contributed by atoms with Gasteiger partial charge in [-0.2, -0.15) is 0 Å². The Morgan fingerprint density at radius 2 is 2.00 bits per heavy atom. The highest BCUT2D eigenvalue weighted by molar-refractivity contribution is 9.11. The molecule has 7 heteroatoms. The molecule has 0 atom stereocenters. The molecule has 0 bridgehead atoms. The van der Waals surface area contributed by atoms with Crippen molar-refractivity contribution in [2.75, 3.05) is 5.32 Å². The average molecular weight is 394 g/mol. The first-order chi connectivity index (χ1) is 11.1. The van der Waals surface area contributed by atoms with Crippen molar-refractivity contribution in [2.45, 2.75) is 25.4 Å². The van der Waals surface area contributed by atoms with Crippen molar-refractivity contribution in [2.24, 2.45) is 5.73 Å². The first-order valence-electron chi connectivity index (χ1n) is 7.27. The van der Waals surface area contributed by atoms with Crippen LogP contribution in [0.4, 0.5) is 5.69 Å². The second-order valence-corrected chi connectivity index (χ2v) is 7.84. The Hall–Kier alpha value is -1.70. The molecule has 1 fully saturated rings. The van der Waals surface area contributed by atoms with Gasteiger partial charge in [0.25, 0.3) is 11.8 Å². The highest BCUT2D eigenvalue weighted by atomic mass is 79.9. The molecular weight excluding hydrogens is 378 g/mol. The normalized spacial score (nSPS) is 13.7. The summed E-state index contributed by atoms with van der Waals surface area (Å²) in [5, 5.41) is 5.78. The minimum atomic E-state index is -0.213. The number of hydrogen-bond acceptors (Lipinski definition) is 4. The molecule has 120 valence electrons. The van der Waals surface area contributed by atoms with E-state index in [0.717, 1.165) is 22.2 Å². The second kappa shape index (κ2) is 6.82. The highest BCUT2D eigenvalue weighted by Gasteiger charge is 2.24. The van der Waals surface area contributed by atoms with Gasteiger partial charge in [-0.3, -0.25) is 9.59 Å². The summed E-state index contributed by atoms with van der Waals surface area (Å²) in [6.07, 6.45) is 2.06. The van der Waals surface area contributed by atoms with Crippen LogP contribution in [0.1, 0.15) is 38.4 Å². The number of halogens is 1. The number of carbonyl (C=O) groups excluding carboxylic acids is 2. The van der Waals surface area contributed by atoms with Gasteiger partial charge in [-0.1, -0.05) is 6.07 Å². The number of anilines is 1. The van der Waals surface area contributed by atoms with Gasteiger partial charge in [0.2, 0.25) is 0 Å². The van der Waals surface area contributed by atoms with E-state index in [1.165, 1.54) is 11.3 Å². The van der Waals surface area contributed by atoms with E-state index in [1.54, 1.807) is 24.3 Å². The molecule has 5 nitrogen and oxygen atoms in total. The molecule has 3 rings (SSSR count). The zero-order valence-corrected chi connectivity index (χ0v) is 14.7. The topological polar surface area (TPSA) is 84.2 Å². The van der Waals surface area contributed by atoms with Gasteiger partial charge in [0.1, 0.15) is 0 Å². The molecule has 0 spiro atoms. The molecule has 1 aromatic heterocycles. The van der Waals surface area contributed by atoms with Crippen molar-refractivity contribution in [3.05, 3.63) is 50.1 Å². The fraction of sp³-hybridized carbons (Fsp3) is 0.250. The molecule has 0 aliphatic heterocycles. The van der Waals surface area contributed by atoms with Gasteiger partial charge in [0.15, 0.2) is 0 Å². The summed E-state index contributed by atoms with van der Waals surface area (Å²) >= 11 is 4.69. The van der Waals surface area contributed by atoms with Crippen LogP contribution in [0.2, 0.25) is 0 Å². The number of thiophene rings is 1. The van der Waals surface area contributed by atoms with E-state index in [9.17, 15) is 9.59 Å². The van der Waals surface area contributed by atoms with E-state index in [0.29, 0.717) is 16.1 Å². The fourth-order valence-corrected chi connectivity index (χ4v) is 3.41. The van der Waals surface area contributed by atoms with Crippen LogP contribution in [-0.2, 0) is 6.54 Å². The second-order valence-electron chi connectivity index (χ2n) is 5.38. The molecule has 4 N–H and O–H groups in total. The Balaban J connectivity index is 1.80. The average Bonchev–Trinajstić information content (AvgIpc) is 3.24. The first-order valence-corrected chi connectivity index (χ1v) is 8.88. The van der Waals surface area contributed by atoms with Gasteiger partial charge in [-0.25, -0.2) is 0 Å². The lowest BCUT2D eigenvalue weighted by atomic mass is 10.1. The molecule has 1 aliphatic rings. The summed E-state index contributed by atoms with van der Waals surface area (Å²) in [5.74, 6) is -0.333. The molecule has 2 amide bonds. The Kier molecular flexibility index (Phi) is 4.79. The van der Waals surface area contributed by atoms with Crippen LogP contribution in [0.25, 0.3) is 0 Å². The van der Waals surface area contributed by atoms with Crippen LogP contribution in [-0.4, -0.2) is 17.9 Å². The first kappa shape index (κ1) is 16.2. The van der Waals surface area contributed by atoms with Crippen LogP contribution in [0.5, 0.6) is 0 Å². The summed E-state index contributed by atoms with van der Waals surface area (Å²) in [6.45, 7) is 0.286. The van der Waals surface area contributed by atoms with Crippen molar-refractivity contribution >= 4 is 44.8 Å². The van der Waals surface area contributed by atoms with Gasteiger partial charge in [0, 0.05) is 23.8 Å². The van der Waals surface area contributed by atoms with Crippen molar-refractivity contribution in [1.29, 1.82) is 0 Å². The van der Waals surface area contributed by atoms with E-state index in [1.807, 2.05) is 6.07 Å². The maximum Gasteiger partial charge on any atom is 0.265 e. The van der Waals surface area contributed by atoms with Crippen LogP contribution >= 0.6 is 27.3 Å². The number of nitrogens with one attached hydrogen (secondary N) is 2.